The molecule has 0 amide bonds. The van der Waals surface area contributed by atoms with Gasteiger partial charge in [-0.15, -0.1) is 0 Å². The molecule has 90 valence electrons. The van der Waals surface area contributed by atoms with Crippen LogP contribution in [0.2, 0.25) is 0 Å². The van der Waals surface area contributed by atoms with Crippen molar-refractivity contribution in [1.82, 2.24) is 14.8 Å². The van der Waals surface area contributed by atoms with Crippen molar-refractivity contribution >= 4 is 15.9 Å². The lowest BCUT2D eigenvalue weighted by molar-refractivity contribution is 0.581. The number of rotatable bonds is 4. The molecule has 5 heteroatoms. The maximum absolute atomic E-state index is 6.16. The van der Waals surface area contributed by atoms with Crippen molar-refractivity contribution in [2.75, 3.05) is 0 Å². The Hall–Kier alpha value is -1.20. The molecule has 0 saturated heterocycles. The fourth-order valence-electron chi connectivity index (χ4n) is 1.73. The number of benzene rings is 1. The zero-order chi connectivity index (χ0) is 12.3. The maximum atomic E-state index is 6.16. The molecule has 0 bridgehead atoms. The van der Waals surface area contributed by atoms with Gasteiger partial charge in [0.15, 0.2) is 0 Å². The first-order valence-electron chi connectivity index (χ1n) is 5.58. The first-order chi connectivity index (χ1) is 8.20. The van der Waals surface area contributed by atoms with Gasteiger partial charge in [0.2, 0.25) is 0 Å². The van der Waals surface area contributed by atoms with Gasteiger partial charge >= 0.3 is 0 Å². The summed E-state index contributed by atoms with van der Waals surface area (Å²) in [6.07, 6.45) is 2.28. The molecule has 4 nitrogen and oxygen atoms in total. The maximum Gasteiger partial charge on any atom is 0.138 e. The summed E-state index contributed by atoms with van der Waals surface area (Å²) in [4.78, 5) is 4.23. The zero-order valence-corrected chi connectivity index (χ0v) is 11.3. The van der Waals surface area contributed by atoms with Gasteiger partial charge < -0.3 is 5.73 Å². The molecule has 0 aliphatic heterocycles. The Kier molecular flexibility index (Phi) is 3.91. The summed E-state index contributed by atoms with van der Waals surface area (Å²) in [7, 11) is 0. The molecule has 17 heavy (non-hydrogen) atoms. The van der Waals surface area contributed by atoms with Crippen LogP contribution in [0.1, 0.15) is 24.4 Å². The highest BCUT2D eigenvalue weighted by Gasteiger charge is 2.11. The Morgan fingerprint density at radius 2 is 2.06 bits per heavy atom. The van der Waals surface area contributed by atoms with Crippen LogP contribution in [-0.4, -0.2) is 14.8 Å². The molecule has 0 aliphatic rings. The van der Waals surface area contributed by atoms with E-state index in [-0.39, 0.29) is 6.04 Å². The average Bonchev–Trinajstić information content (AvgIpc) is 2.77. The minimum absolute atomic E-state index is 0.0439. The van der Waals surface area contributed by atoms with Crippen LogP contribution in [0.25, 0.3) is 0 Å². The van der Waals surface area contributed by atoms with E-state index in [1.54, 1.807) is 6.33 Å². The van der Waals surface area contributed by atoms with E-state index >= 15 is 0 Å². The third-order valence-electron chi connectivity index (χ3n) is 2.70. The van der Waals surface area contributed by atoms with Crippen molar-refractivity contribution in [1.29, 1.82) is 0 Å². The second kappa shape index (κ2) is 5.42. The predicted octanol–water partition coefficient (Wildman–Crippen LogP) is 2.30. The van der Waals surface area contributed by atoms with Crippen molar-refractivity contribution in [2.45, 2.75) is 25.9 Å². The molecule has 1 aromatic heterocycles. The van der Waals surface area contributed by atoms with Crippen LogP contribution in [0.4, 0.5) is 0 Å². The van der Waals surface area contributed by atoms with Crippen LogP contribution in [0.5, 0.6) is 0 Å². The Balaban J connectivity index is 2.11. The lowest BCUT2D eigenvalue weighted by Gasteiger charge is -2.12. The fourth-order valence-corrected chi connectivity index (χ4v) is 2.00. The highest BCUT2D eigenvalue weighted by molar-refractivity contribution is 9.10. The normalized spacial score (nSPS) is 12.6. The molecule has 0 fully saturated rings. The van der Waals surface area contributed by atoms with Crippen LogP contribution in [0, 0.1) is 0 Å². The Labute approximate surface area is 109 Å². The summed E-state index contributed by atoms with van der Waals surface area (Å²) in [6, 6.07) is 8.01. The molecular formula is C12H15BrN4. The smallest absolute Gasteiger partial charge is 0.138 e. The average molecular weight is 295 g/mol. The van der Waals surface area contributed by atoms with Gasteiger partial charge in [0.25, 0.3) is 0 Å². The zero-order valence-electron chi connectivity index (χ0n) is 9.68. The van der Waals surface area contributed by atoms with Crippen LogP contribution in [0.3, 0.4) is 0 Å². The molecule has 1 aromatic carbocycles. The highest BCUT2D eigenvalue weighted by atomic mass is 79.9. The van der Waals surface area contributed by atoms with Gasteiger partial charge in [-0.1, -0.05) is 28.1 Å². The molecule has 1 unspecified atom stereocenters. The summed E-state index contributed by atoms with van der Waals surface area (Å²) in [5, 5.41) is 4.14. The summed E-state index contributed by atoms with van der Waals surface area (Å²) in [5.74, 6) is 0.933. The van der Waals surface area contributed by atoms with Crippen molar-refractivity contribution in [3.63, 3.8) is 0 Å². The topological polar surface area (TPSA) is 56.7 Å². The second-order valence-electron chi connectivity index (χ2n) is 3.85. The van der Waals surface area contributed by atoms with Gasteiger partial charge in [0.1, 0.15) is 12.2 Å². The lowest BCUT2D eigenvalue weighted by atomic mass is 10.0. The summed E-state index contributed by atoms with van der Waals surface area (Å²) in [5.41, 5.74) is 7.27. The van der Waals surface area contributed by atoms with Crippen LogP contribution in [0.15, 0.2) is 35.1 Å². The van der Waals surface area contributed by atoms with Crippen molar-refractivity contribution in [3.05, 3.63) is 46.5 Å². The first kappa shape index (κ1) is 12.3. The van der Waals surface area contributed by atoms with Crippen molar-refractivity contribution < 1.29 is 0 Å². The van der Waals surface area contributed by atoms with Crippen molar-refractivity contribution in [3.8, 4) is 0 Å². The minimum Gasteiger partial charge on any atom is -0.324 e. The van der Waals surface area contributed by atoms with Gasteiger partial charge in [-0.2, -0.15) is 5.10 Å². The van der Waals surface area contributed by atoms with Crippen LogP contribution < -0.4 is 5.73 Å². The van der Waals surface area contributed by atoms with Gasteiger partial charge in [-0.25, -0.2) is 4.98 Å². The molecule has 2 aromatic rings. The van der Waals surface area contributed by atoms with Crippen LogP contribution in [-0.2, 0) is 13.0 Å². The van der Waals surface area contributed by atoms with Gasteiger partial charge in [0, 0.05) is 23.5 Å². The van der Waals surface area contributed by atoms with E-state index in [1.165, 1.54) is 0 Å². The summed E-state index contributed by atoms with van der Waals surface area (Å²) >= 11 is 3.41. The minimum atomic E-state index is -0.0439. The standard InChI is InChI=1S/C12H15BrN4/c1-2-17-12(15-8-16-17)7-11(14)9-3-5-10(13)6-4-9/h3-6,8,11H,2,7,14H2,1H3. The Morgan fingerprint density at radius 1 is 1.35 bits per heavy atom. The van der Waals surface area contributed by atoms with Gasteiger partial charge in [0.05, 0.1) is 0 Å². The Morgan fingerprint density at radius 3 is 2.71 bits per heavy atom. The number of nitrogens with two attached hydrogens (primary N) is 1. The van der Waals surface area contributed by atoms with E-state index in [4.69, 9.17) is 5.73 Å². The summed E-state index contributed by atoms with van der Waals surface area (Å²) < 4.78 is 2.93. The van der Waals surface area contributed by atoms with E-state index in [0.717, 1.165) is 22.4 Å². The van der Waals surface area contributed by atoms with Gasteiger partial charge in [-0.3, -0.25) is 4.68 Å². The second-order valence-corrected chi connectivity index (χ2v) is 4.77. The fraction of sp³-hybridized carbons (Fsp3) is 0.333. The number of hydrogen-bond donors (Lipinski definition) is 1. The third-order valence-corrected chi connectivity index (χ3v) is 3.22. The Bertz CT molecular complexity index is 478. The van der Waals surface area contributed by atoms with Crippen LogP contribution >= 0.6 is 15.9 Å². The van der Waals surface area contributed by atoms with E-state index in [2.05, 4.69) is 26.0 Å². The molecule has 0 aliphatic carbocycles. The number of nitrogens with zero attached hydrogens (tertiary/aromatic N) is 3. The number of aryl methyl sites for hydroxylation is 1. The molecule has 1 heterocycles. The van der Waals surface area contributed by atoms with E-state index in [1.807, 2.05) is 35.9 Å². The van der Waals surface area contributed by atoms with E-state index < -0.39 is 0 Å². The van der Waals surface area contributed by atoms with Crippen molar-refractivity contribution in [2.24, 2.45) is 5.73 Å². The number of halogens is 1. The summed E-state index contributed by atoms with van der Waals surface area (Å²) in [6.45, 7) is 2.87. The molecule has 2 N–H and O–H groups in total. The quantitative estimate of drug-likeness (QED) is 0.941. The first-order valence-corrected chi connectivity index (χ1v) is 6.37. The molecule has 2 rings (SSSR count). The van der Waals surface area contributed by atoms with Gasteiger partial charge in [-0.05, 0) is 24.6 Å². The van der Waals surface area contributed by atoms with E-state index in [0.29, 0.717) is 6.42 Å². The SMILES string of the molecule is CCn1ncnc1CC(N)c1ccc(Br)cc1. The molecular weight excluding hydrogens is 280 g/mol. The number of hydrogen-bond acceptors (Lipinski definition) is 3. The highest BCUT2D eigenvalue weighted by Crippen LogP contribution is 2.17. The molecule has 0 radical (unpaired) electrons. The molecule has 0 saturated carbocycles. The largest absolute Gasteiger partial charge is 0.324 e. The predicted molar refractivity (Wildman–Crippen MR) is 70.5 cm³/mol. The lowest BCUT2D eigenvalue weighted by Crippen LogP contribution is -2.16. The molecule has 0 spiro atoms. The molecule has 1 atom stereocenters. The number of aromatic nitrogens is 3. The van der Waals surface area contributed by atoms with E-state index in [9.17, 15) is 0 Å². The monoisotopic (exact) mass is 294 g/mol. The third kappa shape index (κ3) is 2.92.